The predicted molar refractivity (Wildman–Crippen MR) is 128 cm³/mol. The smallest absolute Gasteiger partial charge is 0.0775 e. The van der Waals surface area contributed by atoms with Crippen molar-refractivity contribution < 1.29 is 0 Å². The van der Waals surface area contributed by atoms with E-state index in [1.54, 1.807) is 0 Å². The molecule has 1 nitrogen and oxygen atoms in total. The van der Waals surface area contributed by atoms with Crippen LogP contribution in [-0.2, 0) is 5.41 Å². The first-order chi connectivity index (χ1) is 13.0. The van der Waals surface area contributed by atoms with E-state index in [1.165, 1.54) is 33.0 Å². The molecule has 2 N–H and O–H groups in total. The summed E-state index contributed by atoms with van der Waals surface area (Å²) < 4.78 is 0. The third-order valence-corrected chi connectivity index (χ3v) is 7.59. The lowest BCUT2D eigenvalue weighted by molar-refractivity contribution is 0.590. The van der Waals surface area contributed by atoms with Crippen LogP contribution >= 0.6 is 0 Å². The number of benzene rings is 3. The lowest BCUT2D eigenvalue weighted by Crippen LogP contribution is -2.37. The Morgan fingerprint density at radius 1 is 0.714 bits per heavy atom. The van der Waals surface area contributed by atoms with Crippen LogP contribution in [0.5, 0.6) is 0 Å². The van der Waals surface area contributed by atoms with E-state index in [-0.39, 0.29) is 5.41 Å². The van der Waals surface area contributed by atoms with Crippen molar-refractivity contribution in [3.05, 3.63) is 71.8 Å². The number of hydrogen-bond acceptors (Lipinski definition) is 1. The SMILES string of the molecule is Cc1ccc(C(C)(C)C)cc1-c1ccc(-c2ccc([Si](C)(C)C)cc2)cc1N. The molecular formula is C26H33NSi. The van der Waals surface area contributed by atoms with Crippen molar-refractivity contribution in [1.29, 1.82) is 0 Å². The highest BCUT2D eigenvalue weighted by Crippen LogP contribution is 2.35. The van der Waals surface area contributed by atoms with Crippen LogP contribution in [0.4, 0.5) is 5.69 Å². The predicted octanol–water partition coefficient (Wildman–Crippen LogP) is 6.75. The molecule has 0 radical (unpaired) electrons. The Bertz CT molecular complexity index is 986. The van der Waals surface area contributed by atoms with Crippen LogP contribution in [0.15, 0.2) is 60.7 Å². The van der Waals surface area contributed by atoms with E-state index in [0.717, 1.165) is 11.3 Å². The summed E-state index contributed by atoms with van der Waals surface area (Å²) in [7, 11) is -1.27. The lowest BCUT2D eigenvalue weighted by Gasteiger charge is -2.21. The van der Waals surface area contributed by atoms with Crippen LogP contribution in [0.1, 0.15) is 31.9 Å². The van der Waals surface area contributed by atoms with Gasteiger partial charge < -0.3 is 5.73 Å². The van der Waals surface area contributed by atoms with Crippen LogP contribution in [-0.4, -0.2) is 8.07 Å². The fourth-order valence-corrected chi connectivity index (χ4v) is 4.70. The molecule has 0 aromatic heterocycles. The third kappa shape index (κ3) is 4.23. The van der Waals surface area contributed by atoms with Gasteiger partial charge in [0.05, 0.1) is 8.07 Å². The van der Waals surface area contributed by atoms with Crippen LogP contribution in [0.2, 0.25) is 19.6 Å². The summed E-state index contributed by atoms with van der Waals surface area (Å²) in [5.41, 5.74) is 14.8. The number of hydrogen-bond donors (Lipinski definition) is 1. The molecule has 0 amide bonds. The zero-order valence-corrected chi connectivity index (χ0v) is 19.4. The summed E-state index contributed by atoms with van der Waals surface area (Å²) >= 11 is 0. The average molecular weight is 388 g/mol. The molecule has 3 rings (SSSR count). The molecule has 146 valence electrons. The number of nitrogen functional groups attached to an aromatic ring is 1. The minimum Gasteiger partial charge on any atom is -0.398 e. The first-order valence-corrected chi connectivity index (χ1v) is 13.6. The maximum Gasteiger partial charge on any atom is 0.0775 e. The van der Waals surface area contributed by atoms with Crippen molar-refractivity contribution in [3.8, 4) is 22.3 Å². The van der Waals surface area contributed by atoms with Gasteiger partial charge in [0, 0.05) is 11.3 Å². The summed E-state index contributed by atoms with van der Waals surface area (Å²) in [6, 6.07) is 22.2. The molecule has 28 heavy (non-hydrogen) atoms. The van der Waals surface area contributed by atoms with E-state index in [1.807, 2.05) is 0 Å². The third-order valence-electron chi connectivity index (χ3n) is 5.53. The molecule has 0 aliphatic heterocycles. The molecule has 3 aromatic carbocycles. The van der Waals surface area contributed by atoms with Crippen molar-refractivity contribution in [2.24, 2.45) is 0 Å². The normalized spacial score (nSPS) is 12.2. The molecule has 0 atom stereocenters. The number of rotatable bonds is 3. The minimum atomic E-state index is -1.27. The molecule has 0 unspecified atom stereocenters. The van der Waals surface area contributed by atoms with Crippen molar-refractivity contribution in [2.45, 2.75) is 52.8 Å². The lowest BCUT2D eigenvalue weighted by atomic mass is 9.84. The van der Waals surface area contributed by atoms with E-state index >= 15 is 0 Å². The summed E-state index contributed by atoms with van der Waals surface area (Å²) in [6.07, 6.45) is 0. The van der Waals surface area contributed by atoms with Gasteiger partial charge >= 0.3 is 0 Å². The second-order valence-electron chi connectivity index (χ2n) is 9.91. The van der Waals surface area contributed by atoms with Gasteiger partial charge in [-0.05, 0) is 46.2 Å². The van der Waals surface area contributed by atoms with Crippen molar-refractivity contribution in [1.82, 2.24) is 0 Å². The molecule has 0 aliphatic carbocycles. The summed E-state index contributed by atoms with van der Waals surface area (Å²) in [5.74, 6) is 0. The van der Waals surface area contributed by atoms with Gasteiger partial charge in [-0.1, -0.05) is 100 Å². The molecule has 0 saturated carbocycles. The Balaban J connectivity index is 2.00. The first kappa shape index (κ1) is 20.4. The molecule has 2 heteroatoms. The van der Waals surface area contributed by atoms with Crippen LogP contribution in [0.3, 0.4) is 0 Å². The zero-order chi connectivity index (χ0) is 20.7. The fraction of sp³-hybridized carbons (Fsp3) is 0.308. The number of nitrogens with two attached hydrogens (primary N) is 1. The maximum absolute atomic E-state index is 6.52. The van der Waals surface area contributed by atoms with Crippen molar-refractivity contribution in [3.63, 3.8) is 0 Å². The summed E-state index contributed by atoms with van der Waals surface area (Å²) in [5, 5.41) is 1.48. The van der Waals surface area contributed by atoms with Gasteiger partial charge in [-0.25, -0.2) is 0 Å². The molecule has 0 fully saturated rings. The average Bonchev–Trinajstić information content (AvgIpc) is 2.61. The topological polar surface area (TPSA) is 26.0 Å². The Labute approximate surface area is 171 Å². The molecule has 0 bridgehead atoms. The van der Waals surface area contributed by atoms with Crippen molar-refractivity contribution in [2.75, 3.05) is 5.73 Å². The highest BCUT2D eigenvalue weighted by Gasteiger charge is 2.17. The van der Waals surface area contributed by atoms with Gasteiger partial charge in [0.15, 0.2) is 0 Å². The first-order valence-electron chi connectivity index (χ1n) is 10.1. The molecule has 0 heterocycles. The van der Waals surface area contributed by atoms with Crippen LogP contribution in [0, 0.1) is 6.92 Å². The summed E-state index contributed by atoms with van der Waals surface area (Å²) in [6.45, 7) is 16.0. The Kier molecular flexibility index (Phi) is 5.29. The van der Waals surface area contributed by atoms with Gasteiger partial charge in [0.2, 0.25) is 0 Å². The van der Waals surface area contributed by atoms with Crippen LogP contribution in [0.25, 0.3) is 22.3 Å². The largest absolute Gasteiger partial charge is 0.398 e. The Morgan fingerprint density at radius 3 is 1.86 bits per heavy atom. The van der Waals surface area contributed by atoms with Gasteiger partial charge in [0.25, 0.3) is 0 Å². The second-order valence-corrected chi connectivity index (χ2v) is 15.0. The maximum atomic E-state index is 6.52. The van der Waals surface area contributed by atoms with E-state index in [4.69, 9.17) is 5.73 Å². The minimum absolute atomic E-state index is 0.120. The molecule has 3 aromatic rings. The Hall–Kier alpha value is -2.32. The fourth-order valence-electron chi connectivity index (χ4n) is 3.53. The number of aryl methyl sites for hydroxylation is 1. The van der Waals surface area contributed by atoms with Gasteiger partial charge in [-0.3, -0.25) is 0 Å². The Morgan fingerprint density at radius 2 is 1.32 bits per heavy atom. The standard InChI is InChI=1S/C26H33NSi/c1-18-8-12-21(26(2,3)4)17-24(18)23-15-11-20(16-25(23)27)19-9-13-22(14-10-19)28(5,6)7/h8-17H,27H2,1-7H3. The second kappa shape index (κ2) is 7.25. The quantitative estimate of drug-likeness (QED) is 0.390. The molecule has 0 spiro atoms. The summed E-state index contributed by atoms with van der Waals surface area (Å²) in [4.78, 5) is 0. The van der Waals surface area contributed by atoms with E-state index < -0.39 is 8.07 Å². The molecule has 0 saturated heterocycles. The molecule has 0 aliphatic rings. The van der Waals surface area contributed by atoms with Gasteiger partial charge in [-0.2, -0.15) is 0 Å². The van der Waals surface area contributed by atoms with E-state index in [2.05, 4.69) is 108 Å². The van der Waals surface area contributed by atoms with Gasteiger partial charge in [0.1, 0.15) is 0 Å². The van der Waals surface area contributed by atoms with E-state index in [9.17, 15) is 0 Å². The monoisotopic (exact) mass is 387 g/mol. The zero-order valence-electron chi connectivity index (χ0n) is 18.4. The molecular weight excluding hydrogens is 354 g/mol. The van der Waals surface area contributed by atoms with E-state index in [0.29, 0.717) is 0 Å². The van der Waals surface area contributed by atoms with Crippen molar-refractivity contribution >= 4 is 18.9 Å². The highest BCUT2D eigenvalue weighted by molar-refractivity contribution is 6.88. The van der Waals surface area contributed by atoms with Gasteiger partial charge in [-0.15, -0.1) is 0 Å². The van der Waals surface area contributed by atoms with Crippen LogP contribution < -0.4 is 10.9 Å². The highest BCUT2D eigenvalue weighted by atomic mass is 28.3. The number of anilines is 1.